The Kier molecular flexibility index (Phi) is 2.48. The number of fused-ring (bicyclic) bond motifs is 2. The van der Waals surface area contributed by atoms with Crippen molar-refractivity contribution in [1.29, 1.82) is 0 Å². The molecule has 2 aliphatic carbocycles. The number of hydrogen-bond acceptors (Lipinski definition) is 0. The molecule has 0 amide bonds. The van der Waals surface area contributed by atoms with Gasteiger partial charge in [0.15, 0.2) is 3.79 Å². The summed E-state index contributed by atoms with van der Waals surface area (Å²) in [7, 11) is 0. The van der Waals surface area contributed by atoms with Gasteiger partial charge in [0.05, 0.1) is 0 Å². The smallest absolute Gasteiger partial charge is 0.0864 e. The summed E-state index contributed by atoms with van der Waals surface area (Å²) in [4.78, 5) is 0. The van der Waals surface area contributed by atoms with Crippen molar-refractivity contribution in [3.63, 3.8) is 0 Å². The first-order valence-corrected chi connectivity index (χ1v) is 6.23. The minimum absolute atomic E-state index is 0.186. The molecule has 1 fully saturated rings. The second-order valence-electron chi connectivity index (χ2n) is 4.09. The van der Waals surface area contributed by atoms with E-state index >= 15 is 0 Å². The second-order valence-corrected chi connectivity index (χ2v) is 8.05. The Morgan fingerprint density at radius 3 is 2.46 bits per heavy atom. The zero-order chi connectivity index (χ0) is 9.74. The highest BCUT2D eigenvalue weighted by molar-refractivity contribution is 9.10. The van der Waals surface area contributed by atoms with Gasteiger partial charge in [-0.25, -0.2) is 0 Å². The highest BCUT2D eigenvalue weighted by Gasteiger charge is 2.56. The fourth-order valence-electron chi connectivity index (χ4n) is 2.34. The molecule has 2 aliphatic rings. The molecule has 0 aromatic rings. The van der Waals surface area contributed by atoms with Crippen LogP contribution in [-0.4, -0.2) is 8.12 Å². The van der Waals surface area contributed by atoms with Crippen molar-refractivity contribution >= 4 is 50.7 Å². The average molecular weight is 304 g/mol. The predicted octanol–water partition coefficient (Wildman–Crippen LogP) is 4.62. The van der Waals surface area contributed by atoms with Gasteiger partial charge in [-0.15, -0.1) is 0 Å². The first-order valence-electron chi connectivity index (χ1n) is 4.30. The largest absolute Gasteiger partial charge is 0.199 e. The molecular formula is C9H10BrCl3. The van der Waals surface area contributed by atoms with Crippen LogP contribution in [0.5, 0.6) is 0 Å². The van der Waals surface area contributed by atoms with E-state index in [2.05, 4.69) is 28.1 Å². The van der Waals surface area contributed by atoms with Crippen LogP contribution in [0, 0.1) is 5.41 Å². The van der Waals surface area contributed by atoms with Gasteiger partial charge in [0.1, 0.15) is 0 Å². The van der Waals surface area contributed by atoms with E-state index in [-0.39, 0.29) is 9.74 Å². The molecule has 2 unspecified atom stereocenters. The van der Waals surface area contributed by atoms with Crippen molar-refractivity contribution in [3.05, 3.63) is 12.2 Å². The molecule has 0 N–H and O–H groups in total. The van der Waals surface area contributed by atoms with E-state index in [0.717, 1.165) is 25.7 Å². The molecule has 0 radical (unpaired) electrons. The summed E-state index contributed by atoms with van der Waals surface area (Å²) in [6, 6.07) is 0. The molecular weight excluding hydrogens is 294 g/mol. The van der Waals surface area contributed by atoms with Gasteiger partial charge in [0, 0.05) is 9.74 Å². The molecule has 13 heavy (non-hydrogen) atoms. The summed E-state index contributed by atoms with van der Waals surface area (Å²) < 4.78 is -0.981. The van der Waals surface area contributed by atoms with Crippen LogP contribution in [0.4, 0.5) is 0 Å². The number of alkyl halides is 4. The number of allylic oxidation sites excluding steroid dienone is 2. The lowest BCUT2D eigenvalue weighted by Crippen LogP contribution is -2.34. The molecule has 0 spiro atoms. The van der Waals surface area contributed by atoms with Crippen molar-refractivity contribution in [3.8, 4) is 0 Å². The Hall–Kier alpha value is 1.09. The summed E-state index contributed by atoms with van der Waals surface area (Å²) in [6.07, 6.45) is 8.27. The Labute approximate surface area is 102 Å². The molecule has 2 rings (SSSR count). The van der Waals surface area contributed by atoms with Crippen molar-refractivity contribution < 1.29 is 0 Å². The van der Waals surface area contributed by atoms with E-state index < -0.39 is 3.79 Å². The van der Waals surface area contributed by atoms with E-state index in [1.165, 1.54) is 0 Å². The van der Waals surface area contributed by atoms with Crippen LogP contribution in [0.2, 0.25) is 0 Å². The van der Waals surface area contributed by atoms with Crippen LogP contribution in [0.25, 0.3) is 0 Å². The van der Waals surface area contributed by atoms with Gasteiger partial charge >= 0.3 is 0 Å². The third-order valence-corrected chi connectivity index (χ3v) is 5.27. The van der Waals surface area contributed by atoms with Gasteiger partial charge in [-0.2, -0.15) is 0 Å². The number of rotatable bonds is 0. The zero-order valence-electron chi connectivity index (χ0n) is 6.99. The van der Waals surface area contributed by atoms with Crippen LogP contribution in [0.1, 0.15) is 25.7 Å². The molecule has 2 bridgehead atoms. The van der Waals surface area contributed by atoms with Gasteiger partial charge in [0.25, 0.3) is 0 Å². The molecule has 0 saturated heterocycles. The van der Waals surface area contributed by atoms with Crippen molar-refractivity contribution in [2.75, 3.05) is 0 Å². The van der Waals surface area contributed by atoms with Gasteiger partial charge in [-0.05, 0) is 25.7 Å². The number of hydrogen-bond donors (Lipinski definition) is 0. The van der Waals surface area contributed by atoms with E-state index in [1.807, 2.05) is 0 Å². The molecule has 74 valence electrons. The summed E-state index contributed by atoms with van der Waals surface area (Å²) in [6.45, 7) is 0. The monoisotopic (exact) mass is 302 g/mol. The Morgan fingerprint density at radius 2 is 1.92 bits per heavy atom. The quantitative estimate of drug-likeness (QED) is 0.452. The molecule has 2 atom stereocenters. The summed E-state index contributed by atoms with van der Waals surface area (Å²) in [5, 5.41) is 0. The molecule has 0 aliphatic heterocycles. The molecule has 0 aromatic heterocycles. The van der Waals surface area contributed by atoms with Gasteiger partial charge in [-0.1, -0.05) is 62.9 Å². The maximum absolute atomic E-state index is 6.02. The number of halogens is 4. The minimum Gasteiger partial charge on any atom is -0.0864 e. The topological polar surface area (TPSA) is 0 Å². The van der Waals surface area contributed by atoms with Crippen LogP contribution in [0.15, 0.2) is 12.2 Å². The Morgan fingerprint density at radius 1 is 1.23 bits per heavy atom. The van der Waals surface area contributed by atoms with Crippen molar-refractivity contribution in [2.45, 2.75) is 33.8 Å². The first kappa shape index (κ1) is 10.6. The summed E-state index contributed by atoms with van der Waals surface area (Å²) in [5.41, 5.74) is -0.237. The second kappa shape index (κ2) is 3.04. The normalized spacial score (nSPS) is 44.0. The molecule has 0 nitrogen and oxygen atoms in total. The maximum Gasteiger partial charge on any atom is 0.199 e. The third-order valence-electron chi connectivity index (χ3n) is 3.14. The zero-order valence-corrected chi connectivity index (χ0v) is 10.8. The maximum atomic E-state index is 6.02. The van der Waals surface area contributed by atoms with Crippen LogP contribution in [-0.2, 0) is 0 Å². The van der Waals surface area contributed by atoms with Crippen LogP contribution in [0.3, 0.4) is 0 Å². The molecule has 0 aromatic carbocycles. The van der Waals surface area contributed by atoms with E-state index in [1.54, 1.807) is 0 Å². The van der Waals surface area contributed by atoms with E-state index in [9.17, 15) is 0 Å². The van der Waals surface area contributed by atoms with Gasteiger partial charge in [-0.3, -0.25) is 0 Å². The predicted molar refractivity (Wildman–Crippen MR) is 62.0 cm³/mol. The summed E-state index contributed by atoms with van der Waals surface area (Å²) >= 11 is 21.8. The standard InChI is InChI=1S/C9H10BrCl3/c10-8-3-1-2-7(6-8,4-5-8)9(11,12)13/h1-2H,3-6H2. The van der Waals surface area contributed by atoms with Crippen molar-refractivity contribution in [1.82, 2.24) is 0 Å². The van der Waals surface area contributed by atoms with Crippen LogP contribution < -0.4 is 0 Å². The molecule has 1 saturated carbocycles. The lowest BCUT2D eigenvalue weighted by atomic mass is 9.82. The third kappa shape index (κ3) is 1.67. The summed E-state index contributed by atoms with van der Waals surface area (Å²) in [5.74, 6) is 0. The first-order chi connectivity index (χ1) is 5.87. The molecule has 4 heteroatoms. The lowest BCUT2D eigenvalue weighted by Gasteiger charge is -2.37. The highest BCUT2D eigenvalue weighted by atomic mass is 79.9. The van der Waals surface area contributed by atoms with Crippen molar-refractivity contribution in [2.24, 2.45) is 5.41 Å². The highest BCUT2D eigenvalue weighted by Crippen LogP contribution is 2.63. The SMILES string of the molecule is ClC(Cl)(Cl)C12C=CCC(Br)(CC1)C2. The van der Waals surface area contributed by atoms with E-state index in [4.69, 9.17) is 34.8 Å². The Balaban J connectivity index is 2.36. The fourth-order valence-corrected chi connectivity index (χ4v) is 3.90. The minimum atomic E-state index is -1.17. The van der Waals surface area contributed by atoms with Crippen LogP contribution >= 0.6 is 50.7 Å². The Bertz CT molecular complexity index is 258. The fraction of sp³-hybridized carbons (Fsp3) is 0.778. The van der Waals surface area contributed by atoms with E-state index in [0.29, 0.717) is 0 Å². The van der Waals surface area contributed by atoms with Gasteiger partial charge in [0.2, 0.25) is 0 Å². The lowest BCUT2D eigenvalue weighted by molar-refractivity contribution is 0.379. The molecule has 0 heterocycles. The van der Waals surface area contributed by atoms with Gasteiger partial charge < -0.3 is 0 Å². The average Bonchev–Trinajstić information content (AvgIpc) is 2.22.